The van der Waals surface area contributed by atoms with Crippen LogP contribution < -0.4 is 4.74 Å². The van der Waals surface area contributed by atoms with Crippen molar-refractivity contribution in [2.24, 2.45) is 0 Å². The van der Waals surface area contributed by atoms with Crippen LogP contribution in [0.4, 0.5) is 13.2 Å². The van der Waals surface area contributed by atoms with Crippen LogP contribution in [0, 0.1) is 0 Å². The topological polar surface area (TPSA) is 25.0 Å². The van der Waals surface area contributed by atoms with Crippen molar-refractivity contribution >= 4 is 26.8 Å². The van der Waals surface area contributed by atoms with Gasteiger partial charge in [0.25, 0.3) is 0 Å². The SMILES string of the molecule is FC(F)(F)Oc1ccc(Br)c2[nH]ccc12. The molecular formula is C9H5BrF3NO. The van der Waals surface area contributed by atoms with E-state index in [4.69, 9.17) is 0 Å². The molecule has 0 aliphatic carbocycles. The van der Waals surface area contributed by atoms with E-state index in [1.165, 1.54) is 18.2 Å². The lowest BCUT2D eigenvalue weighted by Gasteiger charge is -2.10. The summed E-state index contributed by atoms with van der Waals surface area (Å²) in [5.41, 5.74) is 0.580. The number of benzene rings is 1. The lowest BCUT2D eigenvalue weighted by molar-refractivity contribution is -0.274. The molecule has 6 heteroatoms. The van der Waals surface area contributed by atoms with Crippen molar-refractivity contribution in [3.05, 3.63) is 28.9 Å². The number of halogens is 4. The van der Waals surface area contributed by atoms with Crippen LogP contribution in [0.3, 0.4) is 0 Å². The van der Waals surface area contributed by atoms with E-state index in [1.807, 2.05) is 0 Å². The Labute approximate surface area is 91.2 Å². The normalized spacial score (nSPS) is 12.0. The van der Waals surface area contributed by atoms with Gasteiger partial charge in [-0.15, -0.1) is 13.2 Å². The van der Waals surface area contributed by atoms with Crippen molar-refractivity contribution in [2.75, 3.05) is 0 Å². The lowest BCUT2D eigenvalue weighted by Crippen LogP contribution is -2.17. The van der Waals surface area contributed by atoms with Crippen molar-refractivity contribution in [2.45, 2.75) is 6.36 Å². The first-order valence-corrected chi connectivity index (χ1v) is 4.78. The quantitative estimate of drug-likeness (QED) is 0.843. The summed E-state index contributed by atoms with van der Waals surface area (Å²) in [6, 6.07) is 4.30. The Morgan fingerprint density at radius 3 is 2.60 bits per heavy atom. The van der Waals surface area contributed by atoms with Gasteiger partial charge in [-0.05, 0) is 34.1 Å². The van der Waals surface area contributed by atoms with E-state index >= 15 is 0 Å². The fourth-order valence-corrected chi connectivity index (χ4v) is 1.77. The second kappa shape index (κ2) is 3.44. The molecular weight excluding hydrogens is 275 g/mol. The number of hydrogen-bond donors (Lipinski definition) is 1. The van der Waals surface area contributed by atoms with Gasteiger partial charge in [-0.1, -0.05) is 0 Å². The second-order valence-corrected chi connectivity index (χ2v) is 3.71. The van der Waals surface area contributed by atoms with Gasteiger partial charge in [0.1, 0.15) is 5.75 Å². The van der Waals surface area contributed by atoms with E-state index in [1.54, 1.807) is 6.20 Å². The second-order valence-electron chi connectivity index (χ2n) is 2.86. The summed E-state index contributed by atoms with van der Waals surface area (Å²) < 4.78 is 40.7. The molecule has 0 bridgehead atoms. The maximum atomic E-state index is 12.0. The van der Waals surface area contributed by atoms with Crippen LogP contribution in [0.25, 0.3) is 10.9 Å². The molecule has 1 aromatic heterocycles. The standard InChI is InChI=1S/C9H5BrF3NO/c10-6-1-2-7(15-9(11,12)13)5-3-4-14-8(5)6/h1-4,14H. The van der Waals surface area contributed by atoms with Crippen LogP contribution in [0.15, 0.2) is 28.9 Å². The highest BCUT2D eigenvalue weighted by molar-refractivity contribution is 9.10. The van der Waals surface area contributed by atoms with E-state index < -0.39 is 6.36 Å². The Kier molecular flexibility index (Phi) is 2.38. The molecule has 0 saturated carbocycles. The molecule has 0 fully saturated rings. The van der Waals surface area contributed by atoms with Crippen LogP contribution in [0.2, 0.25) is 0 Å². The summed E-state index contributed by atoms with van der Waals surface area (Å²) in [5.74, 6) is -0.207. The molecule has 0 aliphatic heterocycles. The number of nitrogens with one attached hydrogen (secondary N) is 1. The highest BCUT2D eigenvalue weighted by Crippen LogP contribution is 2.33. The van der Waals surface area contributed by atoms with E-state index in [0.717, 1.165) is 0 Å². The predicted octanol–water partition coefficient (Wildman–Crippen LogP) is 3.83. The first kappa shape index (κ1) is 10.4. The van der Waals surface area contributed by atoms with E-state index in [-0.39, 0.29) is 5.75 Å². The fraction of sp³-hybridized carbons (Fsp3) is 0.111. The minimum absolute atomic E-state index is 0.207. The number of aromatic amines is 1. The Morgan fingerprint density at radius 1 is 1.20 bits per heavy atom. The molecule has 0 radical (unpaired) electrons. The molecule has 0 atom stereocenters. The third-order valence-electron chi connectivity index (χ3n) is 1.86. The summed E-state index contributed by atoms with van der Waals surface area (Å²) in [6.45, 7) is 0. The van der Waals surface area contributed by atoms with Gasteiger partial charge in [0.05, 0.1) is 5.52 Å². The molecule has 2 aromatic rings. The number of fused-ring (bicyclic) bond motifs is 1. The van der Waals surface area contributed by atoms with Crippen LogP contribution in [0.1, 0.15) is 0 Å². The maximum Gasteiger partial charge on any atom is 0.573 e. The maximum absolute atomic E-state index is 12.0. The first-order chi connectivity index (χ1) is 6.97. The number of aromatic nitrogens is 1. The minimum atomic E-state index is -4.67. The average Bonchev–Trinajstić information content (AvgIpc) is 2.57. The van der Waals surface area contributed by atoms with Gasteiger partial charge in [0, 0.05) is 16.1 Å². The third kappa shape index (κ3) is 2.09. The average molecular weight is 280 g/mol. The third-order valence-corrected chi connectivity index (χ3v) is 2.52. The molecule has 2 rings (SSSR count). The number of ether oxygens (including phenoxy) is 1. The number of rotatable bonds is 1. The molecule has 80 valence electrons. The largest absolute Gasteiger partial charge is 0.573 e. The van der Waals surface area contributed by atoms with E-state index in [0.29, 0.717) is 15.4 Å². The molecule has 0 saturated heterocycles. The van der Waals surface area contributed by atoms with E-state index in [9.17, 15) is 13.2 Å². The molecule has 0 unspecified atom stereocenters. The van der Waals surface area contributed by atoms with Crippen LogP contribution in [0.5, 0.6) is 5.75 Å². The monoisotopic (exact) mass is 279 g/mol. The van der Waals surface area contributed by atoms with Crippen molar-refractivity contribution < 1.29 is 17.9 Å². The molecule has 0 amide bonds. The van der Waals surface area contributed by atoms with Crippen molar-refractivity contribution in [1.82, 2.24) is 4.98 Å². The van der Waals surface area contributed by atoms with Crippen LogP contribution >= 0.6 is 15.9 Å². The number of hydrogen-bond acceptors (Lipinski definition) is 1. The Bertz CT molecular complexity index is 492. The zero-order chi connectivity index (χ0) is 11.1. The number of alkyl halides is 3. The lowest BCUT2D eigenvalue weighted by atomic mass is 10.2. The van der Waals surface area contributed by atoms with Gasteiger partial charge < -0.3 is 9.72 Å². The number of H-pyrrole nitrogens is 1. The summed E-state index contributed by atoms with van der Waals surface area (Å²) in [5, 5.41) is 0.390. The summed E-state index contributed by atoms with van der Waals surface area (Å²) in [6.07, 6.45) is -3.11. The zero-order valence-corrected chi connectivity index (χ0v) is 8.82. The highest BCUT2D eigenvalue weighted by Gasteiger charge is 2.31. The highest BCUT2D eigenvalue weighted by atomic mass is 79.9. The van der Waals surface area contributed by atoms with Gasteiger partial charge in [0.15, 0.2) is 0 Å². The molecule has 2 nitrogen and oxygen atoms in total. The predicted molar refractivity (Wildman–Crippen MR) is 52.7 cm³/mol. The first-order valence-electron chi connectivity index (χ1n) is 3.99. The van der Waals surface area contributed by atoms with E-state index in [2.05, 4.69) is 25.7 Å². The van der Waals surface area contributed by atoms with Crippen molar-refractivity contribution in [3.63, 3.8) is 0 Å². The molecule has 1 heterocycles. The summed E-state index contributed by atoms with van der Waals surface area (Å²) >= 11 is 3.22. The smallest absolute Gasteiger partial charge is 0.405 e. The van der Waals surface area contributed by atoms with Gasteiger partial charge in [0.2, 0.25) is 0 Å². The fourth-order valence-electron chi connectivity index (χ4n) is 1.31. The zero-order valence-electron chi connectivity index (χ0n) is 7.23. The van der Waals surface area contributed by atoms with Gasteiger partial charge in [-0.25, -0.2) is 0 Å². The van der Waals surface area contributed by atoms with Crippen molar-refractivity contribution in [3.8, 4) is 5.75 Å². The minimum Gasteiger partial charge on any atom is -0.405 e. The Hall–Kier alpha value is -1.17. The molecule has 0 spiro atoms. The summed E-state index contributed by atoms with van der Waals surface area (Å²) in [7, 11) is 0. The van der Waals surface area contributed by atoms with Crippen LogP contribution in [-0.2, 0) is 0 Å². The molecule has 0 aliphatic rings. The Morgan fingerprint density at radius 2 is 1.93 bits per heavy atom. The van der Waals surface area contributed by atoms with Gasteiger partial charge in [-0.3, -0.25) is 0 Å². The molecule has 15 heavy (non-hydrogen) atoms. The molecule has 1 N–H and O–H groups in total. The van der Waals surface area contributed by atoms with Gasteiger partial charge >= 0.3 is 6.36 Å². The van der Waals surface area contributed by atoms with Gasteiger partial charge in [-0.2, -0.15) is 0 Å². The Balaban J connectivity index is 2.53. The van der Waals surface area contributed by atoms with Crippen molar-refractivity contribution in [1.29, 1.82) is 0 Å². The molecule has 1 aromatic carbocycles. The van der Waals surface area contributed by atoms with Crippen LogP contribution in [-0.4, -0.2) is 11.3 Å². The summed E-state index contributed by atoms with van der Waals surface area (Å²) in [4.78, 5) is 2.82.